The van der Waals surface area contributed by atoms with Gasteiger partial charge in [-0.15, -0.1) is 0 Å². The Bertz CT molecular complexity index is 1560. The summed E-state index contributed by atoms with van der Waals surface area (Å²) < 4.78 is 31.5. The third-order valence-corrected chi connectivity index (χ3v) is 8.49. The molecular weight excluding hydrogens is 558 g/mol. The number of sulfonamides is 1. The van der Waals surface area contributed by atoms with Gasteiger partial charge in [-0.1, -0.05) is 45.0 Å². The molecule has 1 aliphatic carbocycles. The SMILES string of the molecule is CC(=O)Nc1[nH]c(C=C2N=C(NC(=O)C(C)NS(C)(=O)=O)c3ccccc32)c(C)c1C(=O)OC1C(C)CC(C)CC1C. The number of nitrogens with zero attached hydrogens (tertiary/aromatic N) is 1. The van der Waals surface area contributed by atoms with Crippen molar-refractivity contribution >= 4 is 51.2 Å². The second-order valence-corrected chi connectivity index (χ2v) is 13.4. The number of anilines is 1. The number of aromatic nitrogens is 1. The average Bonchev–Trinajstić information content (AvgIpc) is 3.36. The van der Waals surface area contributed by atoms with E-state index in [9.17, 15) is 22.8 Å². The van der Waals surface area contributed by atoms with E-state index < -0.39 is 27.9 Å². The summed E-state index contributed by atoms with van der Waals surface area (Å²) >= 11 is 0. The number of esters is 1. The molecule has 4 rings (SSSR count). The number of benzene rings is 1. The number of carbonyl (C=O) groups is 3. The third kappa shape index (κ3) is 6.99. The Balaban J connectivity index is 1.68. The predicted octanol–water partition coefficient (Wildman–Crippen LogP) is 3.82. The first-order chi connectivity index (χ1) is 19.6. The summed E-state index contributed by atoms with van der Waals surface area (Å²) in [6.45, 7) is 11.0. The van der Waals surface area contributed by atoms with Gasteiger partial charge in [-0.2, -0.15) is 0 Å². The zero-order chi connectivity index (χ0) is 30.9. The summed E-state index contributed by atoms with van der Waals surface area (Å²) in [6.07, 6.45) is 4.44. The monoisotopic (exact) mass is 597 g/mol. The first-order valence-electron chi connectivity index (χ1n) is 14.0. The van der Waals surface area contributed by atoms with Crippen molar-refractivity contribution in [3.05, 3.63) is 52.2 Å². The zero-order valence-corrected chi connectivity index (χ0v) is 25.8. The quantitative estimate of drug-likeness (QED) is 0.355. The van der Waals surface area contributed by atoms with Crippen molar-refractivity contribution in [1.29, 1.82) is 0 Å². The number of nitrogens with one attached hydrogen (secondary N) is 4. The molecule has 0 saturated heterocycles. The van der Waals surface area contributed by atoms with Crippen LogP contribution < -0.4 is 15.4 Å². The molecule has 2 aliphatic rings. The van der Waals surface area contributed by atoms with E-state index in [1.54, 1.807) is 25.1 Å². The molecule has 1 fully saturated rings. The van der Waals surface area contributed by atoms with E-state index in [0.717, 1.165) is 24.7 Å². The highest BCUT2D eigenvalue weighted by molar-refractivity contribution is 7.88. The first kappa shape index (κ1) is 31.2. The zero-order valence-electron chi connectivity index (χ0n) is 25.0. The largest absolute Gasteiger partial charge is 0.458 e. The molecule has 3 unspecified atom stereocenters. The Morgan fingerprint density at radius 3 is 2.29 bits per heavy atom. The van der Waals surface area contributed by atoms with E-state index in [-0.39, 0.29) is 41.1 Å². The van der Waals surface area contributed by atoms with E-state index >= 15 is 0 Å². The van der Waals surface area contributed by atoms with E-state index in [4.69, 9.17) is 4.74 Å². The highest BCUT2D eigenvalue weighted by atomic mass is 32.2. The fourth-order valence-electron chi connectivity index (χ4n) is 5.99. The van der Waals surface area contributed by atoms with E-state index in [0.29, 0.717) is 28.4 Å². The normalized spacial score (nSPS) is 23.6. The Morgan fingerprint density at radius 1 is 1.07 bits per heavy atom. The number of H-pyrrole nitrogens is 1. The van der Waals surface area contributed by atoms with Crippen LogP contribution in [0.1, 0.15) is 80.2 Å². The van der Waals surface area contributed by atoms with Crippen LogP contribution in [0.5, 0.6) is 0 Å². The van der Waals surface area contributed by atoms with Crippen molar-refractivity contribution in [2.45, 2.75) is 66.5 Å². The van der Waals surface area contributed by atoms with E-state index in [2.05, 4.69) is 46.1 Å². The summed E-state index contributed by atoms with van der Waals surface area (Å²) in [7, 11) is -3.59. The fourth-order valence-corrected chi connectivity index (χ4v) is 6.74. The molecule has 42 heavy (non-hydrogen) atoms. The minimum Gasteiger partial charge on any atom is -0.458 e. The number of hydrogen-bond acceptors (Lipinski definition) is 7. The standard InChI is InChI=1S/C30H39N5O6S/c1-15-12-16(2)26(17(3)13-15)41-30(38)25-18(4)23(32-28(25)31-20(6)36)14-24-21-10-8-9-11-22(21)27(33-24)34-29(37)19(5)35-42(7,39)40/h8-11,14-17,19,26,32,35H,12-13H2,1-7H3,(H,31,36)(H,33,34,37). The highest BCUT2D eigenvalue weighted by Gasteiger charge is 2.36. The topological polar surface area (TPSA) is 159 Å². The van der Waals surface area contributed by atoms with Crippen molar-refractivity contribution in [2.24, 2.45) is 22.7 Å². The van der Waals surface area contributed by atoms with Gasteiger partial charge in [-0.25, -0.2) is 22.9 Å². The molecule has 11 nitrogen and oxygen atoms in total. The molecule has 1 aliphatic heterocycles. The molecule has 1 aromatic carbocycles. The maximum Gasteiger partial charge on any atom is 0.342 e. The Hall–Kier alpha value is -3.77. The van der Waals surface area contributed by atoms with E-state index in [1.807, 2.05) is 12.1 Å². The lowest BCUT2D eigenvalue weighted by Crippen LogP contribution is -2.46. The lowest BCUT2D eigenvalue weighted by atomic mass is 9.75. The Labute approximate surface area is 246 Å². The number of rotatable bonds is 7. The molecule has 0 bridgehead atoms. The van der Waals surface area contributed by atoms with Crippen LogP contribution in [0.4, 0.5) is 5.82 Å². The molecular formula is C30H39N5O6S. The van der Waals surface area contributed by atoms with Crippen LogP contribution in [0.3, 0.4) is 0 Å². The fraction of sp³-hybridized carbons (Fsp3) is 0.467. The first-order valence-corrected chi connectivity index (χ1v) is 15.9. The van der Waals surface area contributed by atoms with Gasteiger partial charge in [0.1, 0.15) is 23.3 Å². The number of amidine groups is 1. The lowest BCUT2D eigenvalue weighted by Gasteiger charge is -2.37. The average molecular weight is 598 g/mol. The summed E-state index contributed by atoms with van der Waals surface area (Å²) in [4.78, 5) is 46.1. The minimum absolute atomic E-state index is 0.214. The van der Waals surface area contributed by atoms with Gasteiger partial charge in [0.25, 0.3) is 0 Å². The summed E-state index contributed by atoms with van der Waals surface area (Å²) in [5.41, 5.74) is 3.26. The molecule has 2 aromatic rings. The van der Waals surface area contributed by atoms with Gasteiger partial charge in [0.15, 0.2) is 0 Å². The van der Waals surface area contributed by atoms with Gasteiger partial charge < -0.3 is 20.4 Å². The van der Waals surface area contributed by atoms with Gasteiger partial charge >= 0.3 is 5.97 Å². The van der Waals surface area contributed by atoms with Crippen LogP contribution in [0.15, 0.2) is 29.3 Å². The second-order valence-electron chi connectivity index (χ2n) is 11.6. The van der Waals surface area contributed by atoms with E-state index in [1.165, 1.54) is 13.8 Å². The molecule has 1 aromatic heterocycles. The number of fused-ring (bicyclic) bond motifs is 1. The summed E-state index contributed by atoms with van der Waals surface area (Å²) in [5, 5.41) is 5.43. The van der Waals surface area contributed by atoms with Crippen molar-refractivity contribution in [3.63, 3.8) is 0 Å². The smallest absolute Gasteiger partial charge is 0.342 e. The Morgan fingerprint density at radius 2 is 1.69 bits per heavy atom. The minimum atomic E-state index is -3.59. The van der Waals surface area contributed by atoms with Crippen molar-refractivity contribution in [2.75, 3.05) is 11.6 Å². The maximum atomic E-state index is 13.6. The molecule has 2 heterocycles. The third-order valence-electron chi connectivity index (χ3n) is 7.70. The molecule has 4 N–H and O–H groups in total. The van der Waals surface area contributed by atoms with Crippen molar-refractivity contribution in [1.82, 2.24) is 15.0 Å². The molecule has 1 saturated carbocycles. The number of ether oxygens (including phenoxy) is 1. The van der Waals surface area contributed by atoms with Crippen molar-refractivity contribution in [3.8, 4) is 0 Å². The van der Waals surface area contributed by atoms with Crippen LogP contribution in [0.2, 0.25) is 0 Å². The van der Waals surface area contributed by atoms with Gasteiger partial charge in [-0.05, 0) is 56.1 Å². The van der Waals surface area contributed by atoms with Crippen LogP contribution in [0, 0.1) is 24.7 Å². The lowest BCUT2D eigenvalue weighted by molar-refractivity contribution is -0.121. The van der Waals surface area contributed by atoms with Crippen LogP contribution in [-0.2, 0) is 24.3 Å². The number of hydrogen-bond donors (Lipinski definition) is 4. The van der Waals surface area contributed by atoms with Crippen LogP contribution >= 0.6 is 0 Å². The number of carbonyl (C=O) groups excluding carboxylic acids is 3. The molecule has 12 heteroatoms. The van der Waals surface area contributed by atoms with Gasteiger partial charge in [0.2, 0.25) is 21.8 Å². The van der Waals surface area contributed by atoms with Crippen LogP contribution in [0.25, 0.3) is 11.8 Å². The predicted molar refractivity (Wildman–Crippen MR) is 162 cm³/mol. The summed E-state index contributed by atoms with van der Waals surface area (Å²) in [5.74, 6) is 0.0859. The molecule has 3 atom stereocenters. The van der Waals surface area contributed by atoms with Crippen LogP contribution in [-0.4, -0.2) is 55.4 Å². The second kappa shape index (κ2) is 12.2. The number of amides is 2. The highest BCUT2D eigenvalue weighted by Crippen LogP contribution is 2.37. The van der Waals surface area contributed by atoms with Gasteiger partial charge in [0, 0.05) is 23.7 Å². The summed E-state index contributed by atoms with van der Waals surface area (Å²) in [6, 6.07) is 6.27. The molecule has 2 amide bonds. The molecule has 226 valence electrons. The Kier molecular flexibility index (Phi) is 9.07. The maximum absolute atomic E-state index is 13.6. The number of aromatic amines is 1. The number of aliphatic imine (C=N–C) groups is 1. The molecule has 0 radical (unpaired) electrons. The van der Waals surface area contributed by atoms with Gasteiger partial charge in [0.05, 0.1) is 18.0 Å². The van der Waals surface area contributed by atoms with Crippen molar-refractivity contribution < 1.29 is 27.5 Å². The molecule has 0 spiro atoms. The van der Waals surface area contributed by atoms with Gasteiger partial charge in [-0.3, -0.25) is 9.59 Å².